The lowest BCUT2D eigenvalue weighted by Gasteiger charge is -2.01. The largest absolute Gasteiger partial charge is 0.506 e. The van der Waals surface area contributed by atoms with Crippen molar-refractivity contribution in [3.63, 3.8) is 0 Å². The van der Waals surface area contributed by atoms with E-state index in [-0.39, 0.29) is 12.4 Å². The number of phenols is 1. The molecule has 0 unspecified atom stereocenters. The number of hydrogen-bond acceptors (Lipinski definition) is 5. The molecule has 78 valence electrons. The number of nitrogens with two attached hydrogens (primary N) is 1. The molecule has 2 rings (SSSR count). The topological polar surface area (TPSA) is 86.2 Å². The molecule has 1 aromatic carbocycles. The summed E-state index contributed by atoms with van der Waals surface area (Å²) in [6.45, 7) is 0.188. The van der Waals surface area contributed by atoms with Crippen molar-refractivity contribution >= 4 is 0 Å². The number of para-hydroxylation sites is 2. The number of hydrogen-bond donors (Lipinski definition) is 2. The molecule has 0 fully saturated rings. The summed E-state index contributed by atoms with van der Waals surface area (Å²) in [5, 5.41) is 17.2. The highest BCUT2D eigenvalue weighted by molar-refractivity contribution is 5.44. The Hall–Kier alpha value is -1.92. The zero-order chi connectivity index (χ0) is 10.7. The van der Waals surface area contributed by atoms with E-state index in [1.54, 1.807) is 30.5 Å². The SMILES string of the molecule is NOCc1cn(-c2ccccc2O)nn1. The summed E-state index contributed by atoms with van der Waals surface area (Å²) in [6, 6.07) is 6.85. The van der Waals surface area contributed by atoms with Crippen molar-refractivity contribution in [1.82, 2.24) is 15.0 Å². The smallest absolute Gasteiger partial charge is 0.141 e. The average molecular weight is 206 g/mol. The fraction of sp³-hybridized carbons (Fsp3) is 0.111. The maximum absolute atomic E-state index is 9.56. The number of aromatic hydroxyl groups is 1. The standard InChI is InChI=1S/C9H10N4O2/c10-15-6-7-5-13(12-11-7)8-3-1-2-4-9(8)14/h1-5,14H,6,10H2. The number of rotatable bonds is 3. The summed E-state index contributed by atoms with van der Waals surface area (Å²) in [4.78, 5) is 4.43. The molecule has 0 aliphatic carbocycles. The van der Waals surface area contributed by atoms with E-state index in [2.05, 4.69) is 15.1 Å². The van der Waals surface area contributed by atoms with E-state index in [9.17, 15) is 5.11 Å². The first-order valence-corrected chi connectivity index (χ1v) is 4.32. The van der Waals surface area contributed by atoms with Gasteiger partial charge in [0.2, 0.25) is 0 Å². The minimum Gasteiger partial charge on any atom is -0.506 e. The van der Waals surface area contributed by atoms with Gasteiger partial charge >= 0.3 is 0 Å². The highest BCUT2D eigenvalue weighted by atomic mass is 16.6. The van der Waals surface area contributed by atoms with Crippen LogP contribution in [0.15, 0.2) is 30.5 Å². The van der Waals surface area contributed by atoms with Crippen LogP contribution in [0.25, 0.3) is 5.69 Å². The van der Waals surface area contributed by atoms with Crippen LogP contribution >= 0.6 is 0 Å². The van der Waals surface area contributed by atoms with E-state index in [0.717, 1.165) is 0 Å². The average Bonchev–Trinajstić information content (AvgIpc) is 2.68. The fourth-order valence-electron chi connectivity index (χ4n) is 1.23. The number of nitrogens with zero attached hydrogens (tertiary/aromatic N) is 3. The summed E-state index contributed by atoms with van der Waals surface area (Å²) in [6.07, 6.45) is 1.64. The Bertz CT molecular complexity index is 455. The Morgan fingerprint density at radius 1 is 1.40 bits per heavy atom. The second kappa shape index (κ2) is 4.07. The van der Waals surface area contributed by atoms with Crippen molar-refractivity contribution in [3.05, 3.63) is 36.2 Å². The van der Waals surface area contributed by atoms with Gasteiger partial charge in [0, 0.05) is 0 Å². The number of phenolic OH excluding ortho intramolecular Hbond substituents is 1. The molecule has 0 amide bonds. The third-order valence-electron chi connectivity index (χ3n) is 1.90. The van der Waals surface area contributed by atoms with Gasteiger partial charge in [-0.2, -0.15) is 0 Å². The number of aromatic nitrogens is 3. The van der Waals surface area contributed by atoms with Gasteiger partial charge in [0.25, 0.3) is 0 Å². The molecule has 2 aromatic rings. The highest BCUT2D eigenvalue weighted by Gasteiger charge is 2.05. The van der Waals surface area contributed by atoms with E-state index >= 15 is 0 Å². The van der Waals surface area contributed by atoms with Gasteiger partial charge in [-0.15, -0.1) is 5.10 Å². The van der Waals surface area contributed by atoms with Crippen molar-refractivity contribution in [3.8, 4) is 11.4 Å². The van der Waals surface area contributed by atoms with Gasteiger partial charge in [-0.1, -0.05) is 17.3 Å². The van der Waals surface area contributed by atoms with Crippen molar-refractivity contribution in [2.24, 2.45) is 5.90 Å². The van der Waals surface area contributed by atoms with Crippen LogP contribution in [-0.2, 0) is 11.4 Å². The molecular formula is C9H10N4O2. The van der Waals surface area contributed by atoms with Crippen LogP contribution in [0, 0.1) is 0 Å². The van der Waals surface area contributed by atoms with Crippen LogP contribution in [0.1, 0.15) is 5.69 Å². The van der Waals surface area contributed by atoms with Gasteiger partial charge in [0.1, 0.15) is 23.7 Å². The third-order valence-corrected chi connectivity index (χ3v) is 1.90. The Kier molecular flexibility index (Phi) is 2.61. The van der Waals surface area contributed by atoms with Crippen molar-refractivity contribution in [2.75, 3.05) is 0 Å². The molecule has 0 saturated heterocycles. The predicted molar refractivity (Wildman–Crippen MR) is 52.0 cm³/mol. The maximum Gasteiger partial charge on any atom is 0.141 e. The molecule has 0 atom stereocenters. The van der Waals surface area contributed by atoms with Crippen LogP contribution in [0.5, 0.6) is 5.75 Å². The maximum atomic E-state index is 9.56. The second-order valence-electron chi connectivity index (χ2n) is 2.95. The molecule has 3 N–H and O–H groups in total. The van der Waals surface area contributed by atoms with E-state index in [4.69, 9.17) is 5.90 Å². The molecule has 0 saturated carbocycles. The van der Waals surface area contributed by atoms with E-state index < -0.39 is 0 Å². The van der Waals surface area contributed by atoms with Crippen molar-refractivity contribution in [1.29, 1.82) is 0 Å². The summed E-state index contributed by atoms with van der Waals surface area (Å²) in [7, 11) is 0. The van der Waals surface area contributed by atoms with Crippen LogP contribution in [0.2, 0.25) is 0 Å². The lowest BCUT2D eigenvalue weighted by molar-refractivity contribution is 0.121. The molecule has 0 aliphatic heterocycles. The summed E-state index contributed by atoms with van der Waals surface area (Å²) in [5.74, 6) is 5.05. The predicted octanol–water partition coefficient (Wildman–Crippen LogP) is 0.363. The first-order chi connectivity index (χ1) is 7.31. The van der Waals surface area contributed by atoms with Crippen molar-refractivity contribution in [2.45, 2.75) is 6.61 Å². The molecule has 15 heavy (non-hydrogen) atoms. The van der Waals surface area contributed by atoms with Crippen molar-refractivity contribution < 1.29 is 9.94 Å². The fourth-order valence-corrected chi connectivity index (χ4v) is 1.23. The highest BCUT2D eigenvalue weighted by Crippen LogP contribution is 2.19. The Labute approximate surface area is 85.9 Å². The molecule has 0 aliphatic rings. The lowest BCUT2D eigenvalue weighted by Crippen LogP contribution is -1.98. The summed E-state index contributed by atoms with van der Waals surface area (Å²) >= 11 is 0. The minimum absolute atomic E-state index is 0.141. The van der Waals surface area contributed by atoms with Crippen LogP contribution in [-0.4, -0.2) is 20.1 Å². The lowest BCUT2D eigenvalue weighted by atomic mass is 10.3. The van der Waals surface area contributed by atoms with E-state index in [1.807, 2.05) is 0 Å². The van der Waals surface area contributed by atoms with Gasteiger partial charge < -0.3 is 5.11 Å². The number of benzene rings is 1. The van der Waals surface area contributed by atoms with Gasteiger partial charge in [-0.05, 0) is 12.1 Å². The molecule has 1 aromatic heterocycles. The van der Waals surface area contributed by atoms with E-state index in [1.165, 1.54) is 4.68 Å². The Morgan fingerprint density at radius 3 is 2.93 bits per heavy atom. The Morgan fingerprint density at radius 2 is 2.20 bits per heavy atom. The zero-order valence-electron chi connectivity index (χ0n) is 7.87. The van der Waals surface area contributed by atoms with Gasteiger partial charge in [0.15, 0.2) is 0 Å². The monoisotopic (exact) mass is 206 g/mol. The molecule has 0 spiro atoms. The minimum atomic E-state index is 0.141. The molecular weight excluding hydrogens is 196 g/mol. The van der Waals surface area contributed by atoms with Gasteiger partial charge in [-0.3, -0.25) is 4.84 Å². The van der Waals surface area contributed by atoms with Crippen LogP contribution in [0.4, 0.5) is 0 Å². The third kappa shape index (κ3) is 1.95. The van der Waals surface area contributed by atoms with Crippen LogP contribution in [0.3, 0.4) is 0 Å². The molecule has 1 heterocycles. The summed E-state index contributed by atoms with van der Waals surface area (Å²) in [5.41, 5.74) is 1.16. The normalized spacial score (nSPS) is 10.5. The van der Waals surface area contributed by atoms with Gasteiger partial charge in [0.05, 0.1) is 6.20 Å². The molecule has 0 radical (unpaired) electrons. The molecule has 6 heteroatoms. The molecule has 0 bridgehead atoms. The quantitative estimate of drug-likeness (QED) is 0.708. The zero-order valence-corrected chi connectivity index (χ0v) is 7.87. The van der Waals surface area contributed by atoms with Crippen LogP contribution < -0.4 is 5.90 Å². The van der Waals surface area contributed by atoms with E-state index in [0.29, 0.717) is 11.4 Å². The first kappa shape index (κ1) is 9.63. The molecule has 6 nitrogen and oxygen atoms in total. The first-order valence-electron chi connectivity index (χ1n) is 4.32. The Balaban J connectivity index is 2.33. The van der Waals surface area contributed by atoms with Gasteiger partial charge in [-0.25, -0.2) is 10.6 Å². The summed E-state index contributed by atoms with van der Waals surface area (Å²) < 4.78 is 1.46. The second-order valence-corrected chi connectivity index (χ2v) is 2.95.